The Bertz CT molecular complexity index is 860. The van der Waals surface area contributed by atoms with Crippen LogP contribution in [-0.2, 0) is 21.2 Å². The first-order chi connectivity index (χ1) is 13.5. The summed E-state index contributed by atoms with van der Waals surface area (Å²) in [6.45, 7) is 4.42. The van der Waals surface area contributed by atoms with Gasteiger partial charge in [0.1, 0.15) is 0 Å². The van der Waals surface area contributed by atoms with Crippen molar-refractivity contribution in [2.45, 2.75) is 57.3 Å². The summed E-state index contributed by atoms with van der Waals surface area (Å²) in [4.78, 5) is 12.2. The molecule has 0 aromatic heterocycles. The molecule has 0 aliphatic carbocycles. The number of carbonyl (C=O) groups excluding carboxylic acids is 1. The molecule has 5 nitrogen and oxygen atoms in total. The number of nitrogens with one attached hydrogen (secondary N) is 1. The van der Waals surface area contributed by atoms with Crippen molar-refractivity contribution in [1.82, 2.24) is 0 Å². The molecule has 0 fully saturated rings. The van der Waals surface area contributed by atoms with Crippen LogP contribution in [0, 0.1) is 0 Å². The Morgan fingerprint density at radius 2 is 1.71 bits per heavy atom. The van der Waals surface area contributed by atoms with Crippen LogP contribution in [0.5, 0.6) is 0 Å². The van der Waals surface area contributed by atoms with E-state index in [9.17, 15) is 13.2 Å². The molecular weight excluding hydrogens is 374 g/mol. The van der Waals surface area contributed by atoms with Crippen molar-refractivity contribution in [3.63, 3.8) is 0 Å². The van der Waals surface area contributed by atoms with Gasteiger partial charge in [-0.25, -0.2) is 13.2 Å². The lowest BCUT2D eigenvalue weighted by Crippen LogP contribution is -2.14. The maximum absolute atomic E-state index is 12.6. The van der Waals surface area contributed by atoms with Gasteiger partial charge in [-0.1, -0.05) is 51.3 Å². The van der Waals surface area contributed by atoms with Gasteiger partial charge in [-0.05, 0) is 55.2 Å². The summed E-state index contributed by atoms with van der Waals surface area (Å²) in [6, 6.07) is 13.3. The summed E-state index contributed by atoms with van der Waals surface area (Å²) < 4.78 is 32.9. The van der Waals surface area contributed by atoms with E-state index in [0.29, 0.717) is 17.9 Å². The minimum absolute atomic E-state index is 0.198. The molecule has 28 heavy (non-hydrogen) atoms. The SMILES string of the molecule is CCCCCCc1ccc(S(=O)(=O)Nc2cccc(C(=O)OCCC)c2)cc1. The Morgan fingerprint density at radius 1 is 0.964 bits per heavy atom. The second-order valence-corrected chi connectivity index (χ2v) is 8.46. The van der Waals surface area contributed by atoms with Gasteiger partial charge < -0.3 is 4.74 Å². The molecule has 152 valence electrons. The summed E-state index contributed by atoms with van der Waals surface area (Å²) in [5.74, 6) is -0.463. The molecule has 0 radical (unpaired) electrons. The molecule has 0 saturated carbocycles. The van der Waals surface area contributed by atoms with Gasteiger partial charge >= 0.3 is 5.97 Å². The van der Waals surface area contributed by atoms with Gasteiger partial charge in [0, 0.05) is 5.69 Å². The van der Waals surface area contributed by atoms with Crippen LogP contribution < -0.4 is 4.72 Å². The number of carbonyl (C=O) groups is 1. The third-order valence-corrected chi connectivity index (χ3v) is 5.74. The summed E-state index contributed by atoms with van der Waals surface area (Å²) in [6.07, 6.45) is 6.40. The molecular formula is C22H29NO4S. The van der Waals surface area contributed by atoms with Crippen LogP contribution in [0.4, 0.5) is 5.69 Å². The summed E-state index contributed by atoms with van der Waals surface area (Å²) >= 11 is 0. The Kier molecular flexibility index (Phi) is 8.51. The maximum Gasteiger partial charge on any atom is 0.338 e. The summed E-state index contributed by atoms with van der Waals surface area (Å²) in [5.41, 5.74) is 1.78. The first kappa shape index (κ1) is 22.0. The molecule has 0 spiro atoms. The Balaban J connectivity index is 2.04. The number of esters is 1. The smallest absolute Gasteiger partial charge is 0.338 e. The largest absolute Gasteiger partial charge is 0.462 e. The lowest BCUT2D eigenvalue weighted by atomic mass is 10.1. The highest BCUT2D eigenvalue weighted by atomic mass is 32.2. The molecule has 1 N–H and O–H groups in total. The first-order valence-corrected chi connectivity index (χ1v) is 11.3. The van der Waals surface area contributed by atoms with E-state index in [1.165, 1.54) is 25.3 Å². The van der Waals surface area contributed by atoms with Crippen LogP contribution in [0.3, 0.4) is 0 Å². The molecule has 2 aromatic rings. The van der Waals surface area contributed by atoms with E-state index in [1.54, 1.807) is 30.3 Å². The number of sulfonamides is 1. The van der Waals surface area contributed by atoms with Crippen LogP contribution >= 0.6 is 0 Å². The van der Waals surface area contributed by atoms with Crippen LogP contribution in [0.25, 0.3) is 0 Å². The number of anilines is 1. The van der Waals surface area contributed by atoms with Crippen molar-refractivity contribution in [2.24, 2.45) is 0 Å². The fourth-order valence-corrected chi connectivity index (χ4v) is 3.84. The zero-order valence-corrected chi connectivity index (χ0v) is 17.4. The molecule has 0 unspecified atom stereocenters. The summed E-state index contributed by atoms with van der Waals surface area (Å²) in [5, 5.41) is 0. The molecule has 0 aliphatic heterocycles. The Morgan fingerprint density at radius 3 is 2.39 bits per heavy atom. The average molecular weight is 404 g/mol. The van der Waals surface area contributed by atoms with Crippen molar-refractivity contribution in [3.8, 4) is 0 Å². The molecule has 6 heteroatoms. The van der Waals surface area contributed by atoms with E-state index in [4.69, 9.17) is 4.74 Å². The highest BCUT2D eigenvalue weighted by molar-refractivity contribution is 7.92. The zero-order valence-electron chi connectivity index (χ0n) is 16.6. The van der Waals surface area contributed by atoms with Crippen LogP contribution in [0.15, 0.2) is 53.4 Å². The number of unbranched alkanes of at least 4 members (excludes halogenated alkanes) is 3. The van der Waals surface area contributed by atoms with E-state index < -0.39 is 16.0 Å². The van der Waals surface area contributed by atoms with E-state index in [-0.39, 0.29) is 4.90 Å². The number of aryl methyl sites for hydroxylation is 1. The first-order valence-electron chi connectivity index (χ1n) is 9.85. The third-order valence-electron chi connectivity index (χ3n) is 4.34. The van der Waals surface area contributed by atoms with E-state index in [1.807, 2.05) is 19.1 Å². The van der Waals surface area contributed by atoms with Gasteiger partial charge in [0.05, 0.1) is 17.1 Å². The number of benzene rings is 2. The summed E-state index contributed by atoms with van der Waals surface area (Å²) in [7, 11) is -3.72. The molecule has 0 bridgehead atoms. The molecule has 0 aliphatic rings. The number of ether oxygens (including phenoxy) is 1. The van der Waals surface area contributed by atoms with Crippen LogP contribution in [-0.4, -0.2) is 21.0 Å². The third kappa shape index (κ3) is 6.68. The monoisotopic (exact) mass is 403 g/mol. The van der Waals surface area contributed by atoms with Gasteiger partial charge in [0.25, 0.3) is 10.0 Å². The van der Waals surface area contributed by atoms with E-state index in [0.717, 1.165) is 24.8 Å². The second kappa shape index (κ2) is 10.9. The second-order valence-electron chi connectivity index (χ2n) is 6.78. The molecule has 0 saturated heterocycles. The fourth-order valence-electron chi connectivity index (χ4n) is 2.79. The molecule has 2 rings (SSSR count). The van der Waals surface area contributed by atoms with Gasteiger partial charge in [0.2, 0.25) is 0 Å². The highest BCUT2D eigenvalue weighted by Gasteiger charge is 2.15. The number of hydrogen-bond donors (Lipinski definition) is 1. The van der Waals surface area contributed by atoms with Crippen LogP contribution in [0.1, 0.15) is 61.9 Å². The molecule has 0 heterocycles. The van der Waals surface area contributed by atoms with Crippen LogP contribution in [0.2, 0.25) is 0 Å². The molecule has 2 aromatic carbocycles. The standard InChI is InChI=1S/C22H29NO4S/c1-3-5-6-7-9-18-12-14-21(15-13-18)28(25,26)23-20-11-8-10-19(17-20)22(24)27-16-4-2/h8,10-15,17,23H,3-7,9,16H2,1-2H3. The topological polar surface area (TPSA) is 72.5 Å². The minimum Gasteiger partial charge on any atom is -0.462 e. The van der Waals surface area contributed by atoms with Gasteiger partial charge in [-0.15, -0.1) is 0 Å². The lowest BCUT2D eigenvalue weighted by Gasteiger charge is -2.10. The zero-order chi connectivity index (χ0) is 20.4. The van der Waals surface area contributed by atoms with Crippen molar-refractivity contribution in [3.05, 3.63) is 59.7 Å². The minimum atomic E-state index is -3.72. The van der Waals surface area contributed by atoms with Crippen molar-refractivity contribution in [2.75, 3.05) is 11.3 Å². The number of rotatable bonds is 11. The fraction of sp³-hybridized carbons (Fsp3) is 0.409. The van der Waals surface area contributed by atoms with E-state index in [2.05, 4.69) is 11.6 Å². The predicted octanol–water partition coefficient (Wildman–Crippen LogP) is 5.18. The highest BCUT2D eigenvalue weighted by Crippen LogP contribution is 2.19. The van der Waals surface area contributed by atoms with Gasteiger partial charge in [0.15, 0.2) is 0 Å². The average Bonchev–Trinajstić information content (AvgIpc) is 2.69. The van der Waals surface area contributed by atoms with Crippen molar-refractivity contribution in [1.29, 1.82) is 0 Å². The normalized spacial score (nSPS) is 11.2. The lowest BCUT2D eigenvalue weighted by molar-refractivity contribution is 0.0505. The molecule has 0 amide bonds. The Labute approximate surface area is 168 Å². The Hall–Kier alpha value is -2.34. The predicted molar refractivity (Wildman–Crippen MR) is 112 cm³/mol. The maximum atomic E-state index is 12.6. The van der Waals surface area contributed by atoms with Crippen molar-refractivity contribution >= 4 is 21.7 Å². The van der Waals surface area contributed by atoms with Crippen molar-refractivity contribution < 1.29 is 17.9 Å². The quantitative estimate of drug-likeness (QED) is 0.415. The van der Waals surface area contributed by atoms with Gasteiger partial charge in [-0.3, -0.25) is 4.72 Å². The number of hydrogen-bond acceptors (Lipinski definition) is 4. The molecule has 0 atom stereocenters. The van der Waals surface area contributed by atoms with Gasteiger partial charge in [-0.2, -0.15) is 0 Å². The van der Waals surface area contributed by atoms with E-state index >= 15 is 0 Å².